The normalized spacial score (nSPS) is 19.9. The smallest absolute Gasteiger partial charge is 0.304 e. The molecule has 2 rings (SSSR count). The second-order valence-corrected chi connectivity index (χ2v) is 6.47. The Labute approximate surface area is 151 Å². The van der Waals surface area contributed by atoms with Crippen molar-refractivity contribution in [1.82, 2.24) is 15.5 Å². The molecule has 0 aromatic heterocycles. The van der Waals surface area contributed by atoms with Crippen LogP contribution in [0.4, 0.5) is 4.39 Å². The van der Waals surface area contributed by atoms with Crippen molar-refractivity contribution in [2.75, 3.05) is 20.1 Å². The molecular formula is C18H24FN3O4. The van der Waals surface area contributed by atoms with E-state index in [1.54, 1.807) is 0 Å². The van der Waals surface area contributed by atoms with Crippen molar-refractivity contribution in [3.05, 3.63) is 35.6 Å². The fourth-order valence-corrected chi connectivity index (χ4v) is 3.10. The number of carbonyl (C=O) groups excluding carboxylic acids is 2. The topological polar surface area (TPSA) is 98.7 Å². The fraction of sp³-hybridized carbons (Fsp3) is 0.500. The van der Waals surface area contributed by atoms with Gasteiger partial charge in [0.25, 0.3) is 5.91 Å². The zero-order valence-electron chi connectivity index (χ0n) is 14.7. The Kier molecular flexibility index (Phi) is 7.08. The quantitative estimate of drug-likeness (QED) is 0.638. The molecule has 1 aliphatic heterocycles. The lowest BCUT2D eigenvalue weighted by Gasteiger charge is -2.25. The molecule has 0 spiro atoms. The largest absolute Gasteiger partial charge is 0.481 e. The van der Waals surface area contributed by atoms with E-state index in [1.807, 2.05) is 11.9 Å². The summed E-state index contributed by atoms with van der Waals surface area (Å²) >= 11 is 0. The van der Waals surface area contributed by atoms with Crippen molar-refractivity contribution in [2.24, 2.45) is 0 Å². The molecule has 1 heterocycles. The summed E-state index contributed by atoms with van der Waals surface area (Å²) in [6.07, 6.45) is 1.89. The zero-order chi connectivity index (χ0) is 19.1. The lowest BCUT2D eigenvalue weighted by Crippen LogP contribution is -2.42. The second-order valence-electron chi connectivity index (χ2n) is 6.47. The minimum atomic E-state index is -0.816. The number of hydrogen-bond acceptors (Lipinski definition) is 4. The van der Waals surface area contributed by atoms with Crippen LogP contribution in [0.2, 0.25) is 0 Å². The molecule has 0 unspecified atom stereocenters. The third-order valence-corrected chi connectivity index (χ3v) is 4.67. The van der Waals surface area contributed by atoms with Gasteiger partial charge in [0.15, 0.2) is 0 Å². The van der Waals surface area contributed by atoms with E-state index >= 15 is 0 Å². The molecule has 8 heteroatoms. The predicted octanol–water partition coefficient (Wildman–Crippen LogP) is 0.999. The first-order valence-electron chi connectivity index (χ1n) is 8.61. The number of carboxylic acids is 1. The van der Waals surface area contributed by atoms with Gasteiger partial charge in [0.2, 0.25) is 5.91 Å². The van der Waals surface area contributed by atoms with Crippen LogP contribution in [0.1, 0.15) is 36.0 Å². The maximum atomic E-state index is 12.8. The van der Waals surface area contributed by atoms with Crippen LogP contribution in [0.15, 0.2) is 24.3 Å². The number of amides is 2. The Hall–Kier alpha value is -2.48. The molecule has 142 valence electrons. The number of nitrogens with zero attached hydrogens (tertiary/aromatic N) is 1. The summed E-state index contributed by atoms with van der Waals surface area (Å²) < 4.78 is 12.8. The molecule has 2 amide bonds. The summed E-state index contributed by atoms with van der Waals surface area (Å²) in [4.78, 5) is 36.6. The third kappa shape index (κ3) is 5.80. The lowest BCUT2D eigenvalue weighted by atomic mass is 10.1. The number of rotatable bonds is 8. The van der Waals surface area contributed by atoms with Crippen molar-refractivity contribution in [1.29, 1.82) is 0 Å². The van der Waals surface area contributed by atoms with Gasteiger partial charge in [-0.05, 0) is 44.2 Å². The monoisotopic (exact) mass is 365 g/mol. The second kappa shape index (κ2) is 9.28. The van der Waals surface area contributed by atoms with Crippen LogP contribution in [0.3, 0.4) is 0 Å². The Morgan fingerprint density at radius 3 is 2.46 bits per heavy atom. The Balaban J connectivity index is 1.65. The first kappa shape index (κ1) is 19.8. The van der Waals surface area contributed by atoms with Gasteiger partial charge in [0.1, 0.15) is 5.82 Å². The number of hydrogen-bond donors (Lipinski definition) is 3. The zero-order valence-corrected chi connectivity index (χ0v) is 14.7. The molecule has 0 saturated carbocycles. The minimum Gasteiger partial charge on any atom is -0.481 e. The first-order chi connectivity index (χ1) is 12.4. The number of carboxylic acid groups (broad SMARTS) is 1. The number of halogens is 1. The SMILES string of the molecule is CN1[C@@H](CC(=O)O)CC[C@H]1CNC(=O)CCNC(=O)c1ccc(F)cc1. The number of nitrogens with one attached hydrogen (secondary N) is 2. The van der Waals surface area contributed by atoms with E-state index in [0.29, 0.717) is 12.1 Å². The van der Waals surface area contributed by atoms with Crippen molar-refractivity contribution < 1.29 is 23.9 Å². The molecule has 0 radical (unpaired) electrons. The van der Waals surface area contributed by atoms with Crippen LogP contribution in [0.5, 0.6) is 0 Å². The maximum Gasteiger partial charge on any atom is 0.304 e. The van der Waals surface area contributed by atoms with Crippen molar-refractivity contribution in [3.8, 4) is 0 Å². The molecule has 0 aliphatic carbocycles. The van der Waals surface area contributed by atoms with Crippen molar-refractivity contribution >= 4 is 17.8 Å². The van der Waals surface area contributed by atoms with E-state index in [-0.39, 0.29) is 43.3 Å². The summed E-state index contributed by atoms with van der Waals surface area (Å²) in [5.41, 5.74) is 0.337. The molecule has 3 N–H and O–H groups in total. The van der Waals surface area contributed by atoms with Crippen LogP contribution in [-0.2, 0) is 9.59 Å². The van der Waals surface area contributed by atoms with E-state index < -0.39 is 11.8 Å². The van der Waals surface area contributed by atoms with Gasteiger partial charge >= 0.3 is 5.97 Å². The van der Waals surface area contributed by atoms with E-state index in [1.165, 1.54) is 24.3 Å². The summed E-state index contributed by atoms with van der Waals surface area (Å²) in [5, 5.41) is 14.3. The van der Waals surface area contributed by atoms with E-state index in [0.717, 1.165) is 12.8 Å². The van der Waals surface area contributed by atoms with Gasteiger partial charge < -0.3 is 15.7 Å². The number of likely N-dealkylation sites (N-methyl/N-ethyl adjacent to an activating group) is 1. The van der Waals surface area contributed by atoms with Crippen LogP contribution < -0.4 is 10.6 Å². The first-order valence-corrected chi connectivity index (χ1v) is 8.61. The highest BCUT2D eigenvalue weighted by molar-refractivity contribution is 5.94. The van der Waals surface area contributed by atoms with E-state index in [2.05, 4.69) is 10.6 Å². The number of benzene rings is 1. The Bertz CT molecular complexity index is 650. The van der Waals surface area contributed by atoms with E-state index in [9.17, 15) is 18.8 Å². The van der Waals surface area contributed by atoms with Crippen molar-refractivity contribution in [2.45, 2.75) is 37.8 Å². The summed E-state index contributed by atoms with van der Waals surface area (Å²) in [5.74, 6) is -1.77. The molecule has 1 aliphatic rings. The van der Waals surface area contributed by atoms with Gasteiger partial charge in [0.05, 0.1) is 6.42 Å². The fourth-order valence-electron chi connectivity index (χ4n) is 3.10. The molecule has 26 heavy (non-hydrogen) atoms. The van der Waals surface area contributed by atoms with Crippen LogP contribution >= 0.6 is 0 Å². The van der Waals surface area contributed by atoms with Gasteiger partial charge in [-0.25, -0.2) is 4.39 Å². The lowest BCUT2D eigenvalue weighted by molar-refractivity contribution is -0.138. The molecule has 1 fully saturated rings. The van der Waals surface area contributed by atoms with Gasteiger partial charge in [0, 0.05) is 37.2 Å². The molecule has 1 aromatic rings. The molecular weight excluding hydrogens is 341 g/mol. The maximum absolute atomic E-state index is 12.8. The highest BCUT2D eigenvalue weighted by Gasteiger charge is 2.31. The number of carbonyl (C=O) groups is 3. The third-order valence-electron chi connectivity index (χ3n) is 4.67. The average molecular weight is 365 g/mol. The highest BCUT2D eigenvalue weighted by atomic mass is 19.1. The van der Waals surface area contributed by atoms with Crippen molar-refractivity contribution in [3.63, 3.8) is 0 Å². The molecule has 0 bridgehead atoms. The van der Waals surface area contributed by atoms with Crippen LogP contribution in [-0.4, -0.2) is 60.0 Å². The predicted molar refractivity (Wildman–Crippen MR) is 93.2 cm³/mol. The van der Waals surface area contributed by atoms with Gasteiger partial charge in [-0.2, -0.15) is 0 Å². The summed E-state index contributed by atoms with van der Waals surface area (Å²) in [7, 11) is 1.88. The van der Waals surface area contributed by atoms with Gasteiger partial charge in [-0.3, -0.25) is 19.3 Å². The average Bonchev–Trinajstić information content (AvgIpc) is 2.93. The number of likely N-dealkylation sites (tertiary alicyclic amines) is 1. The Morgan fingerprint density at radius 2 is 1.81 bits per heavy atom. The number of aliphatic carboxylic acids is 1. The van der Waals surface area contributed by atoms with E-state index in [4.69, 9.17) is 5.11 Å². The van der Waals surface area contributed by atoms with Gasteiger partial charge in [-0.1, -0.05) is 0 Å². The molecule has 7 nitrogen and oxygen atoms in total. The summed E-state index contributed by atoms with van der Waals surface area (Å²) in [6.45, 7) is 0.640. The molecule has 2 atom stereocenters. The summed E-state index contributed by atoms with van der Waals surface area (Å²) in [6, 6.07) is 5.30. The standard InChI is InChI=1S/C18H24FN3O4/c1-22-14(10-17(24)25)6-7-15(22)11-21-16(23)8-9-20-18(26)12-2-4-13(19)5-3-12/h2-5,14-15H,6-11H2,1H3,(H,20,26)(H,21,23)(H,24,25)/t14-,15+/m1/s1. The van der Waals surface area contributed by atoms with Gasteiger partial charge in [-0.15, -0.1) is 0 Å². The minimum absolute atomic E-state index is 0.00407. The molecule has 1 aromatic carbocycles. The highest BCUT2D eigenvalue weighted by Crippen LogP contribution is 2.24. The van der Waals surface area contributed by atoms with Crippen LogP contribution in [0.25, 0.3) is 0 Å². The van der Waals surface area contributed by atoms with Crippen LogP contribution in [0, 0.1) is 5.82 Å². The molecule has 1 saturated heterocycles. The Morgan fingerprint density at radius 1 is 1.15 bits per heavy atom.